The summed E-state index contributed by atoms with van der Waals surface area (Å²) >= 11 is 1.86. The third-order valence-electron chi connectivity index (χ3n) is 4.28. The molecular formula is C17H28O2S. The molecule has 114 valence electrons. The summed E-state index contributed by atoms with van der Waals surface area (Å²) in [5.41, 5.74) is -0.414. The first kappa shape index (κ1) is 17.6. The highest BCUT2D eigenvalue weighted by molar-refractivity contribution is 7.99. The lowest BCUT2D eigenvalue weighted by Gasteiger charge is -2.48. The van der Waals surface area contributed by atoms with Gasteiger partial charge in [0.1, 0.15) is 5.60 Å². The van der Waals surface area contributed by atoms with Crippen LogP contribution in [0, 0.1) is 23.2 Å². The van der Waals surface area contributed by atoms with Gasteiger partial charge in [0.05, 0.1) is 6.10 Å². The third-order valence-corrected chi connectivity index (χ3v) is 5.09. The lowest BCUT2D eigenvalue weighted by molar-refractivity contribution is -0.121. The molecular weight excluding hydrogens is 268 g/mol. The monoisotopic (exact) mass is 296 g/mol. The first-order chi connectivity index (χ1) is 9.23. The van der Waals surface area contributed by atoms with E-state index in [1.807, 2.05) is 39.5 Å². The second-order valence-corrected chi connectivity index (χ2v) is 7.76. The molecule has 0 aromatic carbocycles. The Morgan fingerprint density at radius 1 is 1.45 bits per heavy atom. The van der Waals surface area contributed by atoms with Crippen molar-refractivity contribution in [2.24, 2.45) is 11.3 Å². The second-order valence-electron chi connectivity index (χ2n) is 6.44. The number of thioether (sulfide) groups is 1. The van der Waals surface area contributed by atoms with Crippen LogP contribution in [0.2, 0.25) is 0 Å². The Kier molecular flexibility index (Phi) is 6.19. The van der Waals surface area contributed by atoms with Crippen molar-refractivity contribution in [1.82, 2.24) is 0 Å². The molecule has 0 amide bonds. The first-order valence-corrected chi connectivity index (χ1v) is 8.56. The summed E-state index contributed by atoms with van der Waals surface area (Å²) in [5.74, 6) is 8.26. The molecule has 0 heterocycles. The van der Waals surface area contributed by atoms with Gasteiger partial charge in [0.2, 0.25) is 0 Å². The van der Waals surface area contributed by atoms with E-state index in [4.69, 9.17) is 0 Å². The normalized spacial score (nSPS) is 33.5. The van der Waals surface area contributed by atoms with Crippen LogP contribution in [0.3, 0.4) is 0 Å². The van der Waals surface area contributed by atoms with E-state index in [0.29, 0.717) is 12.8 Å². The van der Waals surface area contributed by atoms with Gasteiger partial charge in [-0.3, -0.25) is 0 Å². The molecule has 0 spiro atoms. The van der Waals surface area contributed by atoms with Gasteiger partial charge in [0, 0.05) is 11.2 Å². The van der Waals surface area contributed by atoms with Crippen molar-refractivity contribution < 1.29 is 10.2 Å². The average molecular weight is 296 g/mol. The molecule has 1 aliphatic carbocycles. The van der Waals surface area contributed by atoms with Gasteiger partial charge >= 0.3 is 0 Å². The van der Waals surface area contributed by atoms with Crippen molar-refractivity contribution in [3.63, 3.8) is 0 Å². The van der Waals surface area contributed by atoms with Crippen LogP contribution in [0.15, 0.2) is 11.6 Å². The molecule has 1 rings (SSSR count). The van der Waals surface area contributed by atoms with E-state index >= 15 is 0 Å². The fourth-order valence-electron chi connectivity index (χ4n) is 2.91. The van der Waals surface area contributed by atoms with Gasteiger partial charge in [-0.25, -0.2) is 0 Å². The van der Waals surface area contributed by atoms with Crippen LogP contribution in [-0.2, 0) is 0 Å². The molecule has 0 unspecified atom stereocenters. The quantitative estimate of drug-likeness (QED) is 0.620. The standard InChI is InChI=1S/C17H28O2S/c1-6-20-10-8-13(2)7-9-17(19)14(3)11-15(18)12-16(17,4)5/h8,14-15,18-19H,6,10-12H2,1-5H3/b13-8-/t14-,15-,17-/m1/s1. The molecule has 3 atom stereocenters. The van der Waals surface area contributed by atoms with Crippen LogP contribution in [-0.4, -0.2) is 33.4 Å². The van der Waals surface area contributed by atoms with Gasteiger partial charge in [-0.05, 0) is 37.0 Å². The molecule has 0 aromatic heterocycles. The molecule has 20 heavy (non-hydrogen) atoms. The van der Waals surface area contributed by atoms with Crippen molar-refractivity contribution in [2.75, 3.05) is 11.5 Å². The molecule has 0 bridgehead atoms. The maximum atomic E-state index is 11.0. The Morgan fingerprint density at radius 2 is 2.10 bits per heavy atom. The minimum Gasteiger partial charge on any atom is -0.393 e. The number of aliphatic hydroxyl groups is 2. The molecule has 1 fully saturated rings. The number of hydrogen-bond acceptors (Lipinski definition) is 3. The fourth-order valence-corrected chi connectivity index (χ4v) is 3.52. The molecule has 0 saturated heterocycles. The highest BCUT2D eigenvalue weighted by atomic mass is 32.2. The zero-order valence-electron chi connectivity index (χ0n) is 13.4. The molecule has 3 heteroatoms. The Bertz CT molecular complexity index is 416. The summed E-state index contributed by atoms with van der Waals surface area (Å²) < 4.78 is 0. The van der Waals surface area contributed by atoms with Crippen LogP contribution in [0.1, 0.15) is 47.5 Å². The summed E-state index contributed by atoms with van der Waals surface area (Å²) in [6.45, 7) is 10.1. The molecule has 1 saturated carbocycles. The van der Waals surface area contributed by atoms with Gasteiger partial charge in [-0.15, -0.1) is 0 Å². The van der Waals surface area contributed by atoms with Crippen LogP contribution in [0.25, 0.3) is 0 Å². The van der Waals surface area contributed by atoms with E-state index in [2.05, 4.69) is 24.8 Å². The van der Waals surface area contributed by atoms with E-state index in [9.17, 15) is 10.2 Å². The highest BCUT2D eigenvalue weighted by Crippen LogP contribution is 2.46. The van der Waals surface area contributed by atoms with Gasteiger partial charge in [0.25, 0.3) is 0 Å². The van der Waals surface area contributed by atoms with Crippen LogP contribution >= 0.6 is 11.8 Å². The van der Waals surface area contributed by atoms with Crippen LogP contribution in [0.5, 0.6) is 0 Å². The van der Waals surface area contributed by atoms with E-state index in [-0.39, 0.29) is 12.0 Å². The maximum Gasteiger partial charge on any atom is 0.133 e. The fraction of sp³-hybridized carbons (Fsp3) is 0.765. The zero-order valence-corrected chi connectivity index (χ0v) is 14.2. The molecule has 2 nitrogen and oxygen atoms in total. The first-order valence-electron chi connectivity index (χ1n) is 7.41. The maximum absolute atomic E-state index is 11.0. The smallest absolute Gasteiger partial charge is 0.133 e. The molecule has 1 aliphatic rings. The predicted molar refractivity (Wildman–Crippen MR) is 87.7 cm³/mol. The summed E-state index contributed by atoms with van der Waals surface area (Å²) in [6, 6.07) is 0. The minimum absolute atomic E-state index is 0.0217. The lowest BCUT2D eigenvalue weighted by atomic mass is 9.60. The van der Waals surface area contributed by atoms with Crippen molar-refractivity contribution >= 4 is 11.8 Å². The zero-order chi connectivity index (χ0) is 15.4. The van der Waals surface area contributed by atoms with Crippen molar-refractivity contribution in [1.29, 1.82) is 0 Å². The largest absolute Gasteiger partial charge is 0.393 e. The van der Waals surface area contributed by atoms with Crippen LogP contribution in [0.4, 0.5) is 0 Å². The number of aliphatic hydroxyl groups excluding tert-OH is 1. The predicted octanol–water partition coefficient (Wildman–Crippen LogP) is 3.24. The van der Waals surface area contributed by atoms with Gasteiger partial charge in [-0.2, -0.15) is 11.8 Å². The number of hydrogen-bond donors (Lipinski definition) is 2. The minimum atomic E-state index is -1.03. The van der Waals surface area contributed by atoms with E-state index in [1.54, 1.807) is 0 Å². The van der Waals surface area contributed by atoms with Gasteiger partial charge in [0.15, 0.2) is 0 Å². The third kappa shape index (κ3) is 4.04. The topological polar surface area (TPSA) is 40.5 Å². The molecule has 0 aromatic rings. The average Bonchev–Trinajstić information content (AvgIpc) is 2.33. The summed E-state index contributed by atoms with van der Waals surface area (Å²) in [7, 11) is 0. The van der Waals surface area contributed by atoms with E-state index in [0.717, 1.165) is 17.1 Å². The van der Waals surface area contributed by atoms with Gasteiger partial charge in [-0.1, -0.05) is 45.6 Å². The highest BCUT2D eigenvalue weighted by Gasteiger charge is 2.51. The Hall–Kier alpha value is -0.430. The van der Waals surface area contributed by atoms with Gasteiger partial charge < -0.3 is 10.2 Å². The SMILES string of the molecule is CCSC/C=C(/C)C#C[C@@]1(O)[C@H](C)C[C@@H](O)CC1(C)C. The summed E-state index contributed by atoms with van der Waals surface area (Å²) in [6.07, 6.45) is 2.99. The van der Waals surface area contributed by atoms with Crippen molar-refractivity contribution in [2.45, 2.75) is 59.2 Å². The summed E-state index contributed by atoms with van der Waals surface area (Å²) in [4.78, 5) is 0. The second kappa shape index (κ2) is 7.02. The molecule has 2 N–H and O–H groups in total. The van der Waals surface area contributed by atoms with E-state index < -0.39 is 11.0 Å². The summed E-state index contributed by atoms with van der Waals surface area (Å²) in [5, 5.41) is 20.9. The molecule has 0 radical (unpaired) electrons. The van der Waals surface area contributed by atoms with Crippen molar-refractivity contribution in [3.8, 4) is 11.8 Å². The van der Waals surface area contributed by atoms with Crippen molar-refractivity contribution in [3.05, 3.63) is 11.6 Å². The Balaban J connectivity index is 2.90. The number of rotatable bonds is 3. The number of allylic oxidation sites excluding steroid dienone is 1. The van der Waals surface area contributed by atoms with E-state index in [1.165, 1.54) is 0 Å². The lowest BCUT2D eigenvalue weighted by Crippen LogP contribution is -2.54. The van der Waals surface area contributed by atoms with Crippen LogP contribution < -0.4 is 0 Å². The molecule has 0 aliphatic heterocycles. The Labute approximate surface area is 128 Å². The Morgan fingerprint density at radius 3 is 2.65 bits per heavy atom.